The number of benzene rings is 1. The van der Waals surface area contributed by atoms with Crippen LogP contribution in [0.4, 0.5) is 5.13 Å². The predicted octanol–water partition coefficient (Wildman–Crippen LogP) is 3.84. The summed E-state index contributed by atoms with van der Waals surface area (Å²) in [5, 5.41) is 3.33. The summed E-state index contributed by atoms with van der Waals surface area (Å²) in [6, 6.07) is 5.62. The second kappa shape index (κ2) is 7.09. The van der Waals surface area contributed by atoms with Crippen molar-refractivity contribution in [3.63, 3.8) is 0 Å². The molecule has 2 heterocycles. The van der Waals surface area contributed by atoms with Crippen LogP contribution in [0.3, 0.4) is 0 Å². The number of hydrogen-bond acceptors (Lipinski definition) is 7. The Morgan fingerprint density at radius 3 is 2.71 bits per heavy atom. The minimum atomic E-state index is -0.589. The fourth-order valence-electron chi connectivity index (χ4n) is 3.30. The number of hydrogen-bond donors (Lipinski definition) is 1. The smallest absolute Gasteiger partial charge is 0.350 e. The first-order valence-electron chi connectivity index (χ1n) is 9.34. The van der Waals surface area contributed by atoms with E-state index in [0.29, 0.717) is 33.8 Å². The van der Waals surface area contributed by atoms with E-state index in [9.17, 15) is 9.59 Å². The number of rotatable bonds is 6. The normalized spacial score (nSPS) is 16.1. The lowest BCUT2D eigenvalue weighted by molar-refractivity contribution is -0.118. The van der Waals surface area contributed by atoms with Crippen molar-refractivity contribution in [2.45, 2.75) is 44.9 Å². The average molecular weight is 402 g/mol. The number of amides is 1. The van der Waals surface area contributed by atoms with Crippen molar-refractivity contribution < 1.29 is 23.8 Å². The molecule has 28 heavy (non-hydrogen) atoms. The van der Waals surface area contributed by atoms with E-state index < -0.39 is 11.4 Å². The first-order chi connectivity index (χ1) is 13.4. The summed E-state index contributed by atoms with van der Waals surface area (Å²) in [6.45, 7) is 6.17. The molecule has 2 aromatic rings. The lowest BCUT2D eigenvalue weighted by atomic mass is 9.94. The third kappa shape index (κ3) is 3.22. The first kappa shape index (κ1) is 18.7. The molecule has 1 aromatic heterocycles. The Bertz CT molecular complexity index is 933. The lowest BCUT2D eigenvalue weighted by Gasteiger charge is -2.15. The highest BCUT2D eigenvalue weighted by atomic mass is 32.1. The van der Waals surface area contributed by atoms with Crippen LogP contribution >= 0.6 is 11.3 Å². The minimum Gasteiger partial charge on any atom is -0.462 e. The summed E-state index contributed by atoms with van der Waals surface area (Å²) in [6.07, 6.45) is 1.51. The standard InChI is InChI=1S/C20H22N2O5S/c1-4-25-17(23)16-15(11(2)3)21-19(28-16)22-18(24)20(7-8-20)12-5-6-13-14(9-12)27-10-26-13/h5-6,9,11H,4,7-8,10H2,1-3H3,(H,21,22,24). The highest BCUT2D eigenvalue weighted by molar-refractivity contribution is 7.17. The zero-order chi connectivity index (χ0) is 19.9. The number of carbonyl (C=O) groups is 2. The second-order valence-corrected chi connectivity index (χ2v) is 8.21. The number of anilines is 1. The summed E-state index contributed by atoms with van der Waals surface area (Å²) in [5.41, 5.74) is 0.960. The second-order valence-electron chi connectivity index (χ2n) is 7.21. The zero-order valence-electron chi connectivity index (χ0n) is 16.0. The molecule has 148 valence electrons. The van der Waals surface area contributed by atoms with Crippen molar-refractivity contribution in [3.8, 4) is 11.5 Å². The molecule has 1 aromatic carbocycles. The van der Waals surface area contributed by atoms with Crippen LogP contribution in [0.5, 0.6) is 11.5 Å². The number of nitrogens with zero attached hydrogens (tertiary/aromatic N) is 1. The van der Waals surface area contributed by atoms with Gasteiger partial charge in [-0.1, -0.05) is 31.3 Å². The predicted molar refractivity (Wildman–Crippen MR) is 104 cm³/mol. The number of thiazole rings is 1. The SMILES string of the molecule is CCOC(=O)c1sc(NC(=O)C2(c3ccc4c(c3)OCO4)CC2)nc1C(C)C. The van der Waals surface area contributed by atoms with Crippen molar-refractivity contribution in [2.75, 3.05) is 18.7 Å². The van der Waals surface area contributed by atoms with Gasteiger partial charge in [-0.3, -0.25) is 4.79 Å². The Labute approximate surface area is 167 Å². The van der Waals surface area contributed by atoms with Crippen LogP contribution in [0.2, 0.25) is 0 Å². The topological polar surface area (TPSA) is 86.8 Å². The molecule has 1 aliphatic carbocycles. The monoisotopic (exact) mass is 402 g/mol. The molecule has 1 fully saturated rings. The molecule has 0 radical (unpaired) electrons. The summed E-state index contributed by atoms with van der Waals surface area (Å²) in [5.74, 6) is 0.884. The molecule has 4 rings (SSSR count). The van der Waals surface area contributed by atoms with Gasteiger partial charge in [-0.15, -0.1) is 0 Å². The Balaban J connectivity index is 1.57. The van der Waals surface area contributed by atoms with Crippen LogP contribution in [0.1, 0.15) is 60.5 Å². The molecule has 2 aliphatic rings. The van der Waals surface area contributed by atoms with Crippen LogP contribution in [0.15, 0.2) is 18.2 Å². The van der Waals surface area contributed by atoms with E-state index in [2.05, 4.69) is 10.3 Å². The first-order valence-corrected chi connectivity index (χ1v) is 10.2. The van der Waals surface area contributed by atoms with E-state index in [1.807, 2.05) is 32.0 Å². The summed E-state index contributed by atoms with van der Waals surface area (Å²) in [7, 11) is 0. The Kier molecular flexibility index (Phi) is 4.74. The maximum Gasteiger partial charge on any atom is 0.350 e. The van der Waals surface area contributed by atoms with Gasteiger partial charge in [0.15, 0.2) is 16.6 Å². The molecule has 0 atom stereocenters. The molecular formula is C20H22N2O5S. The van der Waals surface area contributed by atoms with E-state index in [4.69, 9.17) is 14.2 Å². The highest BCUT2D eigenvalue weighted by Gasteiger charge is 2.52. The number of ether oxygens (including phenoxy) is 3. The molecule has 1 aliphatic heterocycles. The van der Waals surface area contributed by atoms with Crippen LogP contribution in [0.25, 0.3) is 0 Å². The van der Waals surface area contributed by atoms with Crippen LogP contribution in [-0.4, -0.2) is 30.3 Å². The van der Waals surface area contributed by atoms with Crippen molar-refractivity contribution in [1.29, 1.82) is 0 Å². The minimum absolute atomic E-state index is 0.0463. The average Bonchev–Trinajstić information content (AvgIpc) is 3.16. The molecule has 1 amide bonds. The van der Waals surface area contributed by atoms with Gasteiger partial charge in [0.1, 0.15) is 4.88 Å². The van der Waals surface area contributed by atoms with Gasteiger partial charge in [0.2, 0.25) is 12.7 Å². The third-order valence-corrected chi connectivity index (χ3v) is 5.96. The van der Waals surface area contributed by atoms with Gasteiger partial charge < -0.3 is 19.5 Å². The third-order valence-electron chi connectivity index (χ3n) is 4.99. The number of nitrogens with one attached hydrogen (secondary N) is 1. The molecule has 0 spiro atoms. The van der Waals surface area contributed by atoms with Crippen molar-refractivity contribution in [2.24, 2.45) is 0 Å². The largest absolute Gasteiger partial charge is 0.462 e. The fourth-order valence-corrected chi connectivity index (χ4v) is 4.31. The molecule has 0 bridgehead atoms. The van der Waals surface area contributed by atoms with Gasteiger partial charge in [-0.2, -0.15) is 0 Å². The Morgan fingerprint density at radius 2 is 2.04 bits per heavy atom. The zero-order valence-corrected chi connectivity index (χ0v) is 16.9. The van der Waals surface area contributed by atoms with Gasteiger partial charge in [0, 0.05) is 0 Å². The van der Waals surface area contributed by atoms with Crippen LogP contribution in [-0.2, 0) is 14.9 Å². The molecular weight excluding hydrogens is 380 g/mol. The summed E-state index contributed by atoms with van der Waals surface area (Å²) >= 11 is 1.16. The molecule has 0 unspecified atom stereocenters. The fraction of sp³-hybridized carbons (Fsp3) is 0.450. The van der Waals surface area contributed by atoms with E-state index in [-0.39, 0.29) is 18.6 Å². The van der Waals surface area contributed by atoms with Gasteiger partial charge in [-0.05, 0) is 43.4 Å². The van der Waals surface area contributed by atoms with E-state index >= 15 is 0 Å². The van der Waals surface area contributed by atoms with E-state index in [0.717, 1.165) is 29.7 Å². The number of aromatic nitrogens is 1. The Hall–Kier alpha value is -2.61. The lowest BCUT2D eigenvalue weighted by Crippen LogP contribution is -2.27. The highest BCUT2D eigenvalue weighted by Crippen LogP contribution is 2.51. The molecule has 1 N–H and O–H groups in total. The number of carbonyl (C=O) groups excluding carboxylic acids is 2. The number of esters is 1. The number of fused-ring (bicyclic) bond motifs is 1. The summed E-state index contributed by atoms with van der Waals surface area (Å²) < 4.78 is 15.9. The van der Waals surface area contributed by atoms with E-state index in [1.165, 1.54) is 0 Å². The van der Waals surface area contributed by atoms with Gasteiger partial charge in [-0.25, -0.2) is 9.78 Å². The molecule has 7 nitrogen and oxygen atoms in total. The maximum atomic E-state index is 13.1. The van der Waals surface area contributed by atoms with Crippen LogP contribution in [0, 0.1) is 0 Å². The van der Waals surface area contributed by atoms with Gasteiger partial charge >= 0.3 is 5.97 Å². The van der Waals surface area contributed by atoms with Crippen molar-refractivity contribution in [1.82, 2.24) is 4.98 Å². The quantitative estimate of drug-likeness (QED) is 0.739. The van der Waals surface area contributed by atoms with E-state index in [1.54, 1.807) is 6.92 Å². The molecule has 1 saturated carbocycles. The molecule has 8 heteroatoms. The molecule has 0 saturated heterocycles. The van der Waals surface area contributed by atoms with Gasteiger partial charge in [0.05, 0.1) is 17.7 Å². The summed E-state index contributed by atoms with van der Waals surface area (Å²) in [4.78, 5) is 30.2. The maximum absolute atomic E-state index is 13.1. The van der Waals surface area contributed by atoms with Crippen LogP contribution < -0.4 is 14.8 Å². The van der Waals surface area contributed by atoms with Crippen molar-refractivity contribution in [3.05, 3.63) is 34.3 Å². The van der Waals surface area contributed by atoms with Crippen molar-refractivity contribution >= 4 is 28.3 Å². The van der Waals surface area contributed by atoms with Gasteiger partial charge in [0.25, 0.3) is 0 Å². The Morgan fingerprint density at radius 1 is 1.29 bits per heavy atom.